The van der Waals surface area contributed by atoms with Crippen molar-refractivity contribution >= 4 is 63.8 Å². The number of halogens is 1. The largest absolute Gasteiger partial charge is 0.490 e. The number of hydrogen-bond acceptors (Lipinski definition) is 13. The van der Waals surface area contributed by atoms with Gasteiger partial charge in [0, 0.05) is 46.7 Å². The lowest BCUT2D eigenvalue weighted by Gasteiger charge is -2.36. The molecule has 3 aliphatic heterocycles. The molecule has 0 radical (unpaired) electrons. The lowest BCUT2D eigenvalue weighted by atomic mass is 9.84. The molecular weight excluding hydrogens is 986 g/mol. The van der Waals surface area contributed by atoms with Crippen molar-refractivity contribution in [3.63, 3.8) is 0 Å². The first-order valence-electron chi connectivity index (χ1n) is 24.3. The second-order valence-corrected chi connectivity index (χ2v) is 18.7. The van der Waals surface area contributed by atoms with E-state index in [-0.39, 0.29) is 48.4 Å². The van der Waals surface area contributed by atoms with Crippen LogP contribution in [-0.2, 0) is 68.1 Å². The van der Waals surface area contributed by atoms with E-state index in [0.717, 1.165) is 22.6 Å². The Kier molecular flexibility index (Phi) is 14.5. The van der Waals surface area contributed by atoms with Crippen molar-refractivity contribution in [1.29, 1.82) is 0 Å². The fourth-order valence-electron chi connectivity index (χ4n) is 9.95. The van der Waals surface area contributed by atoms with Crippen LogP contribution >= 0.6 is 0 Å². The van der Waals surface area contributed by atoms with Gasteiger partial charge in [0.05, 0.1) is 59.9 Å². The van der Waals surface area contributed by atoms with Crippen molar-refractivity contribution in [2.45, 2.75) is 70.4 Å². The topological polar surface area (TPSA) is 286 Å². The number of aliphatic hydroxyl groups is 1. The van der Waals surface area contributed by atoms with Crippen LogP contribution < -0.4 is 42.4 Å². The van der Waals surface area contributed by atoms with Gasteiger partial charge in [-0.15, -0.1) is 0 Å². The van der Waals surface area contributed by atoms with Gasteiger partial charge < -0.3 is 46.5 Å². The fourth-order valence-corrected chi connectivity index (χ4v) is 9.95. The zero-order valence-electron chi connectivity index (χ0n) is 41.5. The second kappa shape index (κ2) is 21.2. The SMILES string of the molecule is C=C1OCc2c(cc3n(c2=O)C2c4c-3nc3cc(F)c(C)cc3c4C[C@@H]2NC(=O)COCNC(=O)CNC(=O)[C@H](Cc2ccccc2)NC(=O)CNC(=O)CNC(=O)c2cc(N3C(=O)C=CC3=O)ccc2C)[C@@]1(O)CC. The molecule has 9 rings (SSSR count). The monoisotopic (exact) mass is 1040 g/mol. The Hall–Kier alpha value is -8.89. The van der Waals surface area contributed by atoms with Crippen LogP contribution in [-0.4, -0.2) is 107 Å². The van der Waals surface area contributed by atoms with Gasteiger partial charge in [0.25, 0.3) is 23.3 Å². The first kappa shape index (κ1) is 52.0. The lowest BCUT2D eigenvalue weighted by Crippen LogP contribution is -2.52. The van der Waals surface area contributed by atoms with E-state index in [2.05, 4.69) is 38.5 Å². The van der Waals surface area contributed by atoms with Crippen LogP contribution in [0.4, 0.5) is 10.1 Å². The molecule has 0 bridgehead atoms. The molecule has 8 amide bonds. The number of aryl methyl sites for hydroxylation is 2. The molecule has 7 N–H and O–H groups in total. The molecule has 0 saturated heterocycles. The normalized spacial score (nSPS) is 18.1. The third-order valence-electron chi connectivity index (χ3n) is 13.9. The van der Waals surface area contributed by atoms with E-state index in [9.17, 15) is 52.6 Å². The number of imide groups is 1. The molecule has 76 heavy (non-hydrogen) atoms. The minimum atomic E-state index is -1.64. The highest BCUT2D eigenvalue weighted by atomic mass is 19.1. The average Bonchev–Trinajstić information content (AvgIpc) is 4.06. The van der Waals surface area contributed by atoms with Crippen molar-refractivity contribution in [2.75, 3.05) is 37.9 Å². The summed E-state index contributed by atoms with van der Waals surface area (Å²) < 4.78 is 27.7. The van der Waals surface area contributed by atoms with E-state index in [0.29, 0.717) is 50.1 Å². The molecule has 22 heteroatoms. The Labute approximate surface area is 432 Å². The van der Waals surface area contributed by atoms with Gasteiger partial charge in [0.1, 0.15) is 43.2 Å². The third kappa shape index (κ3) is 10.1. The molecule has 3 aromatic carbocycles. The van der Waals surface area contributed by atoms with E-state index in [1.165, 1.54) is 22.8 Å². The number of amides is 8. The summed E-state index contributed by atoms with van der Waals surface area (Å²) in [6.07, 6.45) is 2.67. The highest BCUT2D eigenvalue weighted by molar-refractivity contribution is 6.28. The summed E-state index contributed by atoms with van der Waals surface area (Å²) in [5, 5.41) is 27.6. The Bertz CT molecular complexity index is 3400. The minimum Gasteiger partial charge on any atom is -0.490 e. The molecule has 392 valence electrons. The van der Waals surface area contributed by atoms with E-state index < -0.39 is 115 Å². The Morgan fingerprint density at radius 2 is 1.58 bits per heavy atom. The number of benzene rings is 3. The van der Waals surface area contributed by atoms with Crippen molar-refractivity contribution in [3.8, 4) is 11.4 Å². The van der Waals surface area contributed by atoms with Gasteiger partial charge in [-0.3, -0.25) is 47.7 Å². The van der Waals surface area contributed by atoms with E-state index in [4.69, 9.17) is 14.5 Å². The Morgan fingerprint density at radius 1 is 0.868 bits per heavy atom. The maximum absolute atomic E-state index is 14.9. The fraction of sp³-hybridized carbons (Fsp3) is 0.296. The Morgan fingerprint density at radius 3 is 2.32 bits per heavy atom. The minimum absolute atomic E-state index is 0.0136. The van der Waals surface area contributed by atoms with Crippen LogP contribution in [0.2, 0.25) is 0 Å². The summed E-state index contributed by atoms with van der Waals surface area (Å²) in [6, 6.07) is 15.2. The Balaban J connectivity index is 0.769. The summed E-state index contributed by atoms with van der Waals surface area (Å²) in [7, 11) is 0. The molecular formula is C54H52FN9O12. The molecule has 5 aromatic rings. The predicted octanol–water partition coefficient (Wildman–Crippen LogP) is 1.31. The van der Waals surface area contributed by atoms with Gasteiger partial charge >= 0.3 is 0 Å². The summed E-state index contributed by atoms with van der Waals surface area (Å²) in [5.74, 6) is -5.64. The number of rotatable bonds is 18. The molecule has 2 aromatic heterocycles. The maximum Gasteiger partial charge on any atom is 0.258 e. The number of aromatic nitrogens is 2. The number of ether oxygens (including phenoxy) is 2. The number of hydrogen-bond donors (Lipinski definition) is 7. The van der Waals surface area contributed by atoms with Gasteiger partial charge in [-0.05, 0) is 73.2 Å². The molecule has 5 heterocycles. The van der Waals surface area contributed by atoms with Crippen molar-refractivity contribution in [2.24, 2.45) is 0 Å². The molecule has 1 aliphatic carbocycles. The smallest absolute Gasteiger partial charge is 0.258 e. The van der Waals surface area contributed by atoms with Crippen LogP contribution in [0.5, 0.6) is 0 Å². The summed E-state index contributed by atoms with van der Waals surface area (Å²) in [4.78, 5) is 123. The van der Waals surface area contributed by atoms with Crippen LogP contribution in [0.3, 0.4) is 0 Å². The predicted molar refractivity (Wildman–Crippen MR) is 270 cm³/mol. The lowest BCUT2D eigenvalue weighted by molar-refractivity contribution is -0.131. The van der Waals surface area contributed by atoms with Crippen LogP contribution in [0.25, 0.3) is 22.3 Å². The molecule has 0 fully saturated rings. The van der Waals surface area contributed by atoms with Crippen LogP contribution in [0.15, 0.2) is 96.0 Å². The highest BCUT2D eigenvalue weighted by Gasteiger charge is 2.48. The molecule has 0 spiro atoms. The van der Waals surface area contributed by atoms with Crippen LogP contribution in [0.1, 0.15) is 68.7 Å². The van der Waals surface area contributed by atoms with Crippen LogP contribution in [0, 0.1) is 19.7 Å². The maximum atomic E-state index is 14.9. The molecule has 4 aliphatic rings. The standard InChI is InChI=1S/C54H52FN9O12/c1-5-54(74)29(4)76-24-35-36(54)19-41-49-48-34(33-15-28(3)37(55)20-38(33)62-49)18-39(50(48)64(41)53(35)73)60-45(68)25-75-26-59-43(66)22-58-52(72)40(16-30-9-7-6-8-10-30)61-44(67)23-56-42(65)21-57-51(71)32-17-31(12-11-27(32)2)63-46(69)13-14-47(63)70/h6-15,17,19-20,39-40,50,74H,4-5,16,18,21-26H2,1-3H3,(H,56,65)(H,57,71)(H,58,72)(H,59,66)(H,60,68)(H,61,67)/t39-,40-,50?,54+/m0/s1. The van der Waals surface area contributed by atoms with Gasteiger partial charge in [0.15, 0.2) is 0 Å². The van der Waals surface area contributed by atoms with Gasteiger partial charge in [0.2, 0.25) is 29.5 Å². The summed E-state index contributed by atoms with van der Waals surface area (Å²) in [5.41, 5.74) is 3.02. The number of fused-ring (bicyclic) bond motifs is 6. The van der Waals surface area contributed by atoms with E-state index in [1.54, 1.807) is 69.3 Å². The molecule has 1 unspecified atom stereocenters. The van der Waals surface area contributed by atoms with Crippen molar-refractivity contribution < 1.29 is 57.3 Å². The number of carbonyl (C=O) groups is 8. The quantitative estimate of drug-likeness (QED) is 0.0371. The third-order valence-corrected chi connectivity index (χ3v) is 13.9. The molecule has 4 atom stereocenters. The summed E-state index contributed by atoms with van der Waals surface area (Å²) in [6.45, 7) is 6.17. The van der Waals surface area contributed by atoms with Crippen molar-refractivity contribution in [1.82, 2.24) is 41.5 Å². The highest BCUT2D eigenvalue weighted by Crippen LogP contribution is 2.50. The van der Waals surface area contributed by atoms with E-state index in [1.807, 2.05) is 0 Å². The first-order chi connectivity index (χ1) is 36.4. The zero-order valence-corrected chi connectivity index (χ0v) is 41.5. The number of anilines is 1. The molecule has 21 nitrogen and oxygen atoms in total. The molecule has 0 saturated carbocycles. The van der Waals surface area contributed by atoms with Crippen molar-refractivity contribution in [3.05, 3.63) is 152 Å². The zero-order chi connectivity index (χ0) is 54.2. The second-order valence-electron chi connectivity index (χ2n) is 18.7. The average molecular weight is 1040 g/mol. The summed E-state index contributed by atoms with van der Waals surface area (Å²) >= 11 is 0. The van der Waals surface area contributed by atoms with E-state index >= 15 is 0 Å². The number of nitrogens with one attached hydrogen (secondary N) is 6. The van der Waals surface area contributed by atoms with Gasteiger partial charge in [-0.2, -0.15) is 0 Å². The first-order valence-corrected chi connectivity index (χ1v) is 24.3. The van der Waals surface area contributed by atoms with Gasteiger partial charge in [-0.25, -0.2) is 14.3 Å². The van der Waals surface area contributed by atoms with Gasteiger partial charge in [-0.1, -0.05) is 49.9 Å². The number of pyridine rings is 2. The number of carbonyl (C=O) groups excluding carboxylic acids is 8. The number of nitrogens with zero attached hydrogens (tertiary/aromatic N) is 3.